The second-order valence-corrected chi connectivity index (χ2v) is 8.19. The van der Waals surface area contributed by atoms with Gasteiger partial charge >= 0.3 is 6.16 Å². The summed E-state index contributed by atoms with van der Waals surface area (Å²) >= 11 is 0. The van der Waals surface area contributed by atoms with Gasteiger partial charge in [-0.2, -0.15) is 0 Å². The summed E-state index contributed by atoms with van der Waals surface area (Å²) in [6.45, 7) is 6.11. The lowest BCUT2D eigenvalue weighted by molar-refractivity contribution is -0.161. The van der Waals surface area contributed by atoms with Gasteiger partial charge in [-0.3, -0.25) is 9.59 Å². The number of carbonyl (C=O) groups is 3. The van der Waals surface area contributed by atoms with E-state index in [1.165, 1.54) is 0 Å². The molecule has 3 rings (SSSR count). The highest BCUT2D eigenvalue weighted by Gasteiger charge is 2.39. The minimum atomic E-state index is -0.936. The summed E-state index contributed by atoms with van der Waals surface area (Å²) in [5, 5.41) is 13.8. The van der Waals surface area contributed by atoms with Crippen LogP contribution in [0.5, 0.6) is 0 Å². The molecule has 0 aromatic heterocycles. The molecule has 2 heterocycles. The van der Waals surface area contributed by atoms with Crippen LogP contribution >= 0.6 is 0 Å². The third-order valence-corrected chi connectivity index (χ3v) is 4.55. The Morgan fingerprint density at radius 2 is 1.93 bits per heavy atom. The molecule has 0 saturated carbocycles. The first-order valence-corrected chi connectivity index (χ1v) is 9.77. The second kappa shape index (κ2) is 8.99. The number of aliphatic hydroxyl groups excluding tert-OH is 1. The van der Waals surface area contributed by atoms with Crippen LogP contribution in [0.15, 0.2) is 24.3 Å². The zero-order valence-corrected chi connectivity index (χ0v) is 17.3. The molecule has 0 bridgehead atoms. The maximum Gasteiger partial charge on any atom is 0.528 e. The molecule has 2 N–H and O–H groups in total. The number of amides is 2. The third kappa shape index (κ3) is 5.68. The molecule has 1 aromatic rings. The Bertz CT molecular complexity index is 791. The van der Waals surface area contributed by atoms with E-state index in [0.29, 0.717) is 24.5 Å². The standard InChI is InChI=1S/C20H27N3O7/c1-20(2,3)29-19(27)30-23-11-15(24)10-16(23)18(26)21-13-4-6-14(7-5-13)22-8-9-28-12-17(22)25/h4-7,15-16,24H,8-12H2,1-3H3,(H,21,26)/t15-,16-/m1/s1. The average molecular weight is 421 g/mol. The number of hydrogen-bond donors (Lipinski definition) is 2. The van der Waals surface area contributed by atoms with E-state index in [0.717, 1.165) is 5.06 Å². The minimum Gasteiger partial charge on any atom is -0.427 e. The van der Waals surface area contributed by atoms with Crippen LogP contribution in [-0.2, 0) is 23.9 Å². The second-order valence-electron chi connectivity index (χ2n) is 8.19. The normalized spacial score (nSPS) is 22.7. The van der Waals surface area contributed by atoms with E-state index in [9.17, 15) is 19.5 Å². The maximum atomic E-state index is 12.7. The van der Waals surface area contributed by atoms with Crippen molar-refractivity contribution in [1.82, 2.24) is 5.06 Å². The molecule has 10 nitrogen and oxygen atoms in total. The van der Waals surface area contributed by atoms with E-state index in [1.807, 2.05) is 0 Å². The Hall–Kier alpha value is -2.69. The largest absolute Gasteiger partial charge is 0.528 e. The topological polar surface area (TPSA) is 118 Å². The number of anilines is 2. The van der Waals surface area contributed by atoms with Gasteiger partial charge in [-0.1, -0.05) is 0 Å². The molecule has 2 aliphatic rings. The quantitative estimate of drug-likeness (QED) is 0.699. The molecule has 0 unspecified atom stereocenters. The number of benzene rings is 1. The minimum absolute atomic E-state index is 0.00934. The highest BCUT2D eigenvalue weighted by molar-refractivity contribution is 5.97. The van der Waals surface area contributed by atoms with Gasteiger partial charge in [-0.15, -0.1) is 5.06 Å². The van der Waals surface area contributed by atoms with Crippen molar-refractivity contribution in [1.29, 1.82) is 0 Å². The summed E-state index contributed by atoms with van der Waals surface area (Å²) in [6, 6.07) is 5.98. The van der Waals surface area contributed by atoms with Crippen molar-refractivity contribution in [3.8, 4) is 0 Å². The summed E-state index contributed by atoms with van der Waals surface area (Å²) in [6.07, 6.45) is -1.62. The molecule has 1 aromatic carbocycles. The molecule has 2 aliphatic heterocycles. The molecule has 0 aliphatic carbocycles. The molecular weight excluding hydrogens is 394 g/mol. The van der Waals surface area contributed by atoms with Crippen LogP contribution in [-0.4, -0.2) is 72.2 Å². The lowest BCUT2D eigenvalue weighted by atomic mass is 10.2. The lowest BCUT2D eigenvalue weighted by Crippen LogP contribution is -2.42. The van der Waals surface area contributed by atoms with Gasteiger partial charge in [0.1, 0.15) is 18.2 Å². The van der Waals surface area contributed by atoms with Gasteiger partial charge in [0, 0.05) is 24.3 Å². The highest BCUT2D eigenvalue weighted by Crippen LogP contribution is 2.23. The molecule has 0 spiro atoms. The van der Waals surface area contributed by atoms with Gasteiger partial charge in [0.05, 0.1) is 19.3 Å². The maximum absolute atomic E-state index is 12.7. The number of hydroxylamine groups is 2. The average Bonchev–Trinajstić information content (AvgIpc) is 3.01. The summed E-state index contributed by atoms with van der Waals surface area (Å²) in [5.74, 6) is -0.543. The van der Waals surface area contributed by atoms with Crippen molar-refractivity contribution in [2.45, 2.75) is 44.9 Å². The third-order valence-electron chi connectivity index (χ3n) is 4.55. The van der Waals surface area contributed by atoms with Crippen LogP contribution in [0.1, 0.15) is 27.2 Å². The van der Waals surface area contributed by atoms with Crippen molar-refractivity contribution in [2.24, 2.45) is 0 Å². The SMILES string of the molecule is CC(C)(C)OC(=O)ON1C[C@H](O)C[C@@H]1C(=O)Nc1ccc(N2CCOCC2=O)cc1. The summed E-state index contributed by atoms with van der Waals surface area (Å²) in [7, 11) is 0. The van der Waals surface area contributed by atoms with Crippen LogP contribution in [0, 0.1) is 0 Å². The Morgan fingerprint density at radius 3 is 2.57 bits per heavy atom. The zero-order chi connectivity index (χ0) is 21.9. The monoisotopic (exact) mass is 421 g/mol. The fourth-order valence-electron chi connectivity index (χ4n) is 3.23. The Kier molecular flexibility index (Phi) is 6.59. The number of carbonyl (C=O) groups excluding carboxylic acids is 3. The smallest absolute Gasteiger partial charge is 0.427 e. The predicted molar refractivity (Wildman–Crippen MR) is 107 cm³/mol. The fourth-order valence-corrected chi connectivity index (χ4v) is 3.23. The van der Waals surface area contributed by atoms with Crippen molar-refractivity contribution >= 4 is 29.3 Å². The molecule has 0 radical (unpaired) electrons. The number of nitrogens with zero attached hydrogens (tertiary/aromatic N) is 2. The van der Waals surface area contributed by atoms with Crippen LogP contribution in [0.2, 0.25) is 0 Å². The first-order chi connectivity index (χ1) is 14.1. The first kappa shape index (κ1) is 22.0. The van der Waals surface area contributed by atoms with E-state index in [2.05, 4.69) is 5.32 Å². The van der Waals surface area contributed by atoms with Crippen LogP contribution in [0.4, 0.5) is 16.2 Å². The highest BCUT2D eigenvalue weighted by atomic mass is 16.8. The van der Waals surface area contributed by atoms with E-state index < -0.39 is 29.8 Å². The molecule has 10 heteroatoms. The molecule has 2 saturated heterocycles. The van der Waals surface area contributed by atoms with E-state index in [-0.39, 0.29) is 25.5 Å². The van der Waals surface area contributed by atoms with Gasteiger partial charge in [0.2, 0.25) is 5.91 Å². The van der Waals surface area contributed by atoms with Crippen LogP contribution in [0.25, 0.3) is 0 Å². The first-order valence-electron chi connectivity index (χ1n) is 9.77. The summed E-state index contributed by atoms with van der Waals surface area (Å²) in [5.41, 5.74) is 0.493. The number of β-amino-alcohol motifs (C(OH)–C–C–N with tert-alkyl or cyclic N) is 1. The Morgan fingerprint density at radius 1 is 1.23 bits per heavy atom. The number of hydrogen-bond acceptors (Lipinski definition) is 8. The van der Waals surface area contributed by atoms with Crippen LogP contribution in [0.3, 0.4) is 0 Å². The van der Waals surface area contributed by atoms with Crippen molar-refractivity contribution in [3.05, 3.63) is 24.3 Å². The summed E-state index contributed by atoms with van der Waals surface area (Å²) in [4.78, 5) is 43.3. The van der Waals surface area contributed by atoms with Crippen molar-refractivity contribution in [2.75, 3.05) is 36.5 Å². The fraction of sp³-hybridized carbons (Fsp3) is 0.550. The lowest BCUT2D eigenvalue weighted by Gasteiger charge is -2.27. The van der Waals surface area contributed by atoms with Gasteiger partial charge < -0.3 is 29.6 Å². The Labute approximate surface area is 174 Å². The molecular formula is C20H27N3O7. The number of aliphatic hydroxyl groups is 1. The van der Waals surface area contributed by atoms with E-state index in [1.54, 1.807) is 49.9 Å². The van der Waals surface area contributed by atoms with Gasteiger partial charge in [0.15, 0.2) is 0 Å². The molecule has 164 valence electrons. The number of ether oxygens (including phenoxy) is 2. The number of nitrogens with one attached hydrogen (secondary N) is 1. The van der Waals surface area contributed by atoms with Crippen LogP contribution < -0.4 is 10.2 Å². The molecule has 2 amide bonds. The van der Waals surface area contributed by atoms with Gasteiger partial charge in [-0.05, 0) is 45.0 Å². The van der Waals surface area contributed by atoms with Gasteiger partial charge in [0.25, 0.3) is 5.91 Å². The molecule has 2 atom stereocenters. The Balaban J connectivity index is 1.61. The molecule has 30 heavy (non-hydrogen) atoms. The van der Waals surface area contributed by atoms with Crippen molar-refractivity contribution in [3.63, 3.8) is 0 Å². The van der Waals surface area contributed by atoms with E-state index >= 15 is 0 Å². The molecule has 2 fully saturated rings. The number of morpholine rings is 1. The van der Waals surface area contributed by atoms with Gasteiger partial charge in [-0.25, -0.2) is 4.79 Å². The van der Waals surface area contributed by atoms with E-state index in [4.69, 9.17) is 14.3 Å². The van der Waals surface area contributed by atoms with Crippen molar-refractivity contribution < 1.29 is 33.8 Å². The summed E-state index contributed by atoms with van der Waals surface area (Å²) < 4.78 is 10.2. The predicted octanol–water partition coefficient (Wildman–Crippen LogP) is 1.29. The number of rotatable bonds is 4. The zero-order valence-electron chi connectivity index (χ0n) is 17.3.